The summed E-state index contributed by atoms with van der Waals surface area (Å²) in [6.07, 6.45) is 0. The van der Waals surface area contributed by atoms with Crippen molar-refractivity contribution in [1.82, 2.24) is 24.9 Å². The van der Waals surface area contributed by atoms with Crippen molar-refractivity contribution in [2.75, 3.05) is 0 Å². The second-order valence-corrected chi connectivity index (χ2v) is 13.3. The third-order valence-electron chi connectivity index (χ3n) is 9.76. The molecule has 258 valence electrons. The number of para-hydroxylation sites is 1. The molecule has 0 aliphatic rings. The molecule has 7 aromatic carbocycles. The van der Waals surface area contributed by atoms with E-state index in [1.165, 1.54) is 0 Å². The van der Waals surface area contributed by atoms with Gasteiger partial charge in [-0.05, 0) is 47.5 Å². The second-order valence-electron chi connectivity index (χ2n) is 13.3. The smallest absolute Gasteiger partial charge is 0.164 e. The summed E-state index contributed by atoms with van der Waals surface area (Å²) in [7, 11) is 0. The molecule has 55 heavy (non-hydrogen) atoms. The predicted molar refractivity (Wildman–Crippen MR) is 221 cm³/mol. The SMILES string of the molecule is c1ccc(-c2cccc(-c3nc(-c4ccccc4)nc(-c4ccc5oc6c(-c7nc(-c8ccccc8)cc(-c8ccccc8)n7)cccc6c5c4)n3)c2)cc1. The van der Waals surface area contributed by atoms with Gasteiger partial charge in [-0.2, -0.15) is 0 Å². The Morgan fingerprint density at radius 1 is 0.291 bits per heavy atom. The minimum Gasteiger partial charge on any atom is -0.455 e. The van der Waals surface area contributed by atoms with Gasteiger partial charge in [-0.3, -0.25) is 0 Å². The highest BCUT2D eigenvalue weighted by molar-refractivity contribution is 6.10. The molecule has 3 aromatic heterocycles. The summed E-state index contributed by atoms with van der Waals surface area (Å²) in [5.41, 5.74) is 10.9. The first-order chi connectivity index (χ1) is 27.2. The lowest BCUT2D eigenvalue weighted by atomic mass is 10.0. The molecule has 0 unspecified atom stereocenters. The molecule has 0 aliphatic carbocycles. The molecule has 0 N–H and O–H groups in total. The van der Waals surface area contributed by atoms with E-state index < -0.39 is 0 Å². The number of benzene rings is 7. The maximum absolute atomic E-state index is 6.63. The normalized spacial score (nSPS) is 11.3. The third-order valence-corrected chi connectivity index (χ3v) is 9.76. The quantitative estimate of drug-likeness (QED) is 0.164. The van der Waals surface area contributed by atoms with E-state index >= 15 is 0 Å². The van der Waals surface area contributed by atoms with Crippen molar-refractivity contribution in [2.24, 2.45) is 0 Å². The van der Waals surface area contributed by atoms with Crippen LogP contribution in [0.2, 0.25) is 0 Å². The van der Waals surface area contributed by atoms with E-state index in [1.54, 1.807) is 0 Å². The summed E-state index contributed by atoms with van der Waals surface area (Å²) in [6.45, 7) is 0. The molecule has 0 amide bonds. The molecule has 0 fully saturated rings. The Kier molecular flexibility index (Phi) is 8.04. The molecule has 0 aliphatic heterocycles. The molecule has 0 saturated carbocycles. The Labute approximate surface area is 317 Å². The number of rotatable bonds is 7. The van der Waals surface area contributed by atoms with E-state index in [2.05, 4.69) is 60.7 Å². The van der Waals surface area contributed by atoms with Crippen molar-refractivity contribution in [3.63, 3.8) is 0 Å². The van der Waals surface area contributed by atoms with Gasteiger partial charge < -0.3 is 4.42 Å². The van der Waals surface area contributed by atoms with Gasteiger partial charge in [-0.25, -0.2) is 24.9 Å². The van der Waals surface area contributed by atoms with Crippen LogP contribution in [0.1, 0.15) is 0 Å². The van der Waals surface area contributed by atoms with Gasteiger partial charge >= 0.3 is 0 Å². The number of fused-ring (bicyclic) bond motifs is 3. The van der Waals surface area contributed by atoms with Crippen LogP contribution in [0.25, 0.3) is 101 Å². The van der Waals surface area contributed by atoms with Crippen LogP contribution in [0.4, 0.5) is 0 Å². The van der Waals surface area contributed by atoms with Crippen LogP contribution in [-0.2, 0) is 0 Å². The Hall–Kier alpha value is -7.57. The molecule has 0 radical (unpaired) electrons. The molecule has 10 aromatic rings. The second kappa shape index (κ2) is 13.8. The van der Waals surface area contributed by atoms with Gasteiger partial charge in [0.25, 0.3) is 0 Å². The fourth-order valence-electron chi connectivity index (χ4n) is 7.01. The zero-order valence-corrected chi connectivity index (χ0v) is 29.5. The molecule has 3 heterocycles. The summed E-state index contributed by atoms with van der Waals surface area (Å²) in [5.74, 6) is 2.38. The molecule has 6 heteroatoms. The fourth-order valence-corrected chi connectivity index (χ4v) is 7.01. The molecule has 6 nitrogen and oxygen atoms in total. The van der Waals surface area contributed by atoms with Gasteiger partial charge in [-0.15, -0.1) is 0 Å². The van der Waals surface area contributed by atoms with Crippen molar-refractivity contribution in [3.05, 3.63) is 188 Å². The Morgan fingerprint density at radius 2 is 0.782 bits per heavy atom. The molecule has 10 rings (SSSR count). The Bertz CT molecular complexity index is 2910. The molecule has 0 atom stereocenters. The lowest BCUT2D eigenvalue weighted by molar-refractivity contribution is 0.669. The first kappa shape index (κ1) is 32.1. The maximum atomic E-state index is 6.63. The van der Waals surface area contributed by atoms with Crippen molar-refractivity contribution < 1.29 is 4.42 Å². The van der Waals surface area contributed by atoms with Crippen LogP contribution in [-0.4, -0.2) is 24.9 Å². The standard InChI is InChI=1S/C49H31N5O/c1-5-15-32(16-6-1)36-23-13-24-37(29-36)47-52-46(35-21-11-4-12-22-35)53-48(54-47)38-27-28-44-41(30-38)39-25-14-26-40(45(39)55-44)49-50-42(33-17-7-2-8-18-33)31-43(51-49)34-19-9-3-10-20-34/h1-31H. The predicted octanol–water partition coefficient (Wildman–Crippen LogP) is 12.2. The number of furan rings is 1. The number of hydrogen-bond acceptors (Lipinski definition) is 6. The molecular formula is C49H31N5O. The van der Waals surface area contributed by atoms with Gasteiger partial charge in [0.05, 0.1) is 17.0 Å². The van der Waals surface area contributed by atoms with Crippen LogP contribution in [0.3, 0.4) is 0 Å². The zero-order valence-electron chi connectivity index (χ0n) is 29.5. The van der Waals surface area contributed by atoms with E-state index in [0.29, 0.717) is 23.3 Å². The van der Waals surface area contributed by atoms with Crippen LogP contribution >= 0.6 is 0 Å². The van der Waals surface area contributed by atoms with Gasteiger partial charge in [0.15, 0.2) is 23.3 Å². The van der Waals surface area contributed by atoms with E-state index in [-0.39, 0.29) is 0 Å². The van der Waals surface area contributed by atoms with Gasteiger partial charge in [0.2, 0.25) is 0 Å². The number of nitrogens with zero attached hydrogens (tertiary/aromatic N) is 5. The third kappa shape index (κ3) is 6.22. The zero-order chi connectivity index (χ0) is 36.6. The maximum Gasteiger partial charge on any atom is 0.164 e. The minimum atomic E-state index is 0.577. The Balaban J connectivity index is 1.11. The van der Waals surface area contributed by atoms with Crippen LogP contribution in [0.15, 0.2) is 192 Å². The first-order valence-corrected chi connectivity index (χ1v) is 18.2. The van der Waals surface area contributed by atoms with Crippen LogP contribution in [0.5, 0.6) is 0 Å². The van der Waals surface area contributed by atoms with E-state index in [0.717, 1.165) is 77.8 Å². The Morgan fingerprint density at radius 3 is 1.40 bits per heavy atom. The van der Waals surface area contributed by atoms with Crippen molar-refractivity contribution in [2.45, 2.75) is 0 Å². The molecule has 0 spiro atoms. The van der Waals surface area contributed by atoms with Crippen LogP contribution < -0.4 is 0 Å². The number of aromatic nitrogens is 5. The topological polar surface area (TPSA) is 77.6 Å². The summed E-state index contributed by atoms with van der Waals surface area (Å²) in [6, 6.07) is 63.4. The summed E-state index contributed by atoms with van der Waals surface area (Å²) in [5, 5.41) is 1.91. The van der Waals surface area contributed by atoms with Gasteiger partial charge in [-0.1, -0.05) is 152 Å². The van der Waals surface area contributed by atoms with Gasteiger partial charge in [0, 0.05) is 38.6 Å². The van der Waals surface area contributed by atoms with Crippen molar-refractivity contribution in [3.8, 4) is 79.2 Å². The highest BCUT2D eigenvalue weighted by Gasteiger charge is 2.19. The largest absolute Gasteiger partial charge is 0.455 e. The summed E-state index contributed by atoms with van der Waals surface area (Å²) >= 11 is 0. The van der Waals surface area contributed by atoms with Crippen LogP contribution in [0, 0.1) is 0 Å². The van der Waals surface area contributed by atoms with Crippen molar-refractivity contribution in [1.29, 1.82) is 0 Å². The first-order valence-electron chi connectivity index (χ1n) is 18.2. The van der Waals surface area contributed by atoms with E-state index in [4.69, 9.17) is 29.3 Å². The van der Waals surface area contributed by atoms with E-state index in [9.17, 15) is 0 Å². The minimum absolute atomic E-state index is 0.577. The average Bonchev–Trinajstić information content (AvgIpc) is 3.66. The monoisotopic (exact) mass is 705 g/mol. The molecule has 0 bridgehead atoms. The van der Waals surface area contributed by atoms with Crippen molar-refractivity contribution >= 4 is 21.9 Å². The lowest BCUT2D eigenvalue weighted by Gasteiger charge is -2.10. The number of hydrogen-bond donors (Lipinski definition) is 0. The van der Waals surface area contributed by atoms with Gasteiger partial charge in [0.1, 0.15) is 11.2 Å². The highest BCUT2D eigenvalue weighted by atomic mass is 16.3. The molecule has 0 saturated heterocycles. The summed E-state index contributed by atoms with van der Waals surface area (Å²) < 4.78 is 6.63. The lowest BCUT2D eigenvalue weighted by Crippen LogP contribution is -2.00. The fraction of sp³-hybridized carbons (Fsp3) is 0. The average molecular weight is 706 g/mol. The molecular weight excluding hydrogens is 675 g/mol. The van der Waals surface area contributed by atoms with E-state index in [1.807, 2.05) is 127 Å². The summed E-state index contributed by atoms with van der Waals surface area (Å²) in [4.78, 5) is 25.3. The highest BCUT2D eigenvalue weighted by Crippen LogP contribution is 2.38.